The van der Waals surface area contributed by atoms with Crippen LogP contribution in [0.15, 0.2) is 0 Å². The summed E-state index contributed by atoms with van der Waals surface area (Å²) in [5, 5.41) is 11.7. The van der Waals surface area contributed by atoms with Gasteiger partial charge in [0.2, 0.25) is 5.91 Å². The van der Waals surface area contributed by atoms with Crippen LogP contribution in [0.1, 0.15) is 141 Å². The van der Waals surface area contributed by atoms with Crippen molar-refractivity contribution < 1.29 is 19.5 Å². The Morgan fingerprint density at radius 1 is 0.636 bits per heavy atom. The lowest BCUT2D eigenvalue weighted by Gasteiger charge is -2.25. The Labute approximate surface area is 202 Å². The van der Waals surface area contributed by atoms with Crippen molar-refractivity contribution in [2.45, 2.75) is 141 Å². The molecule has 0 saturated heterocycles. The highest BCUT2D eigenvalue weighted by Gasteiger charge is 2.20. The van der Waals surface area contributed by atoms with E-state index < -0.39 is 5.97 Å². The van der Waals surface area contributed by atoms with Crippen LogP contribution >= 0.6 is 0 Å². The molecule has 0 aliphatic heterocycles. The van der Waals surface area contributed by atoms with Crippen LogP contribution in [0, 0.1) is 11.8 Å². The molecule has 0 unspecified atom stereocenters. The van der Waals surface area contributed by atoms with Gasteiger partial charge in [-0.05, 0) is 44.4 Å². The zero-order chi connectivity index (χ0) is 24.0. The zero-order valence-corrected chi connectivity index (χ0v) is 21.2. The van der Waals surface area contributed by atoms with Gasteiger partial charge < -0.3 is 15.2 Å². The highest BCUT2D eigenvalue weighted by atomic mass is 16.4. The first-order valence-electron chi connectivity index (χ1n) is 14.1. The second-order valence-electron chi connectivity index (χ2n) is 10.3. The van der Waals surface area contributed by atoms with Gasteiger partial charge in [-0.3, -0.25) is 9.59 Å². The van der Waals surface area contributed by atoms with Gasteiger partial charge in [0.25, 0.3) is 0 Å². The van der Waals surface area contributed by atoms with Crippen LogP contribution in [0.25, 0.3) is 0 Å². The van der Waals surface area contributed by atoms with Crippen LogP contribution in [0.4, 0.5) is 0 Å². The summed E-state index contributed by atoms with van der Waals surface area (Å²) < 4.78 is 0. The summed E-state index contributed by atoms with van der Waals surface area (Å²) >= 11 is 0. The molecule has 1 rings (SSSR count). The van der Waals surface area contributed by atoms with Gasteiger partial charge in [0.1, 0.15) is 6.29 Å². The van der Waals surface area contributed by atoms with Crippen molar-refractivity contribution in [1.82, 2.24) is 5.32 Å². The summed E-state index contributed by atoms with van der Waals surface area (Å²) in [7, 11) is 0. The predicted octanol–water partition coefficient (Wildman–Crippen LogP) is 7.21. The fourth-order valence-corrected chi connectivity index (χ4v) is 4.91. The molecule has 1 aliphatic rings. The predicted molar refractivity (Wildman–Crippen MR) is 135 cm³/mol. The van der Waals surface area contributed by atoms with E-state index in [-0.39, 0.29) is 11.8 Å². The van der Waals surface area contributed by atoms with Gasteiger partial charge >= 0.3 is 5.97 Å². The molecule has 5 heteroatoms. The van der Waals surface area contributed by atoms with Crippen LogP contribution in [-0.2, 0) is 14.4 Å². The monoisotopic (exact) mass is 465 g/mol. The molecule has 5 nitrogen and oxygen atoms in total. The van der Waals surface area contributed by atoms with E-state index in [2.05, 4.69) is 5.32 Å². The third-order valence-corrected chi connectivity index (χ3v) is 7.22. The van der Waals surface area contributed by atoms with E-state index in [9.17, 15) is 14.4 Å². The van der Waals surface area contributed by atoms with Gasteiger partial charge in [-0.1, -0.05) is 89.9 Å². The number of carboxylic acid groups (broad SMARTS) is 1. The third-order valence-electron chi connectivity index (χ3n) is 7.22. The van der Waals surface area contributed by atoms with E-state index in [1.54, 1.807) is 0 Å². The molecule has 0 bridgehead atoms. The summed E-state index contributed by atoms with van der Waals surface area (Å²) in [4.78, 5) is 33.2. The number of carbonyl (C=O) groups excluding carboxylic acids is 2. The van der Waals surface area contributed by atoms with E-state index in [0.29, 0.717) is 18.8 Å². The third kappa shape index (κ3) is 18.7. The molecule has 0 aromatic carbocycles. The number of aldehydes is 1. The molecule has 1 amide bonds. The lowest BCUT2D eigenvalue weighted by Crippen LogP contribution is -2.31. The van der Waals surface area contributed by atoms with Crippen LogP contribution in [0.3, 0.4) is 0 Å². The molecule has 1 aliphatic carbocycles. The molecule has 0 atom stereocenters. The lowest BCUT2D eigenvalue weighted by atomic mass is 9.83. The largest absolute Gasteiger partial charge is 0.481 e. The second kappa shape index (κ2) is 21.2. The van der Waals surface area contributed by atoms with Gasteiger partial charge in [0.05, 0.1) is 0 Å². The molecule has 0 aromatic rings. The van der Waals surface area contributed by atoms with E-state index in [0.717, 1.165) is 64.2 Å². The number of carbonyl (C=O) groups is 3. The molecule has 0 aromatic heterocycles. The van der Waals surface area contributed by atoms with Crippen molar-refractivity contribution in [1.29, 1.82) is 0 Å². The maximum atomic E-state index is 12.0. The summed E-state index contributed by atoms with van der Waals surface area (Å²) in [5.74, 6) is 0.344. The standard InChI is InChI=1S/C28H51NO4/c30-24-26-21-19-25(20-22-26)23-29-27(31)17-15-13-11-9-7-5-3-1-2-4-6-8-10-12-14-16-18-28(32)33/h24-26H,1-23H2,(H,29,31)(H,32,33). The normalized spacial score (nSPS) is 18.2. The molecule has 1 fully saturated rings. The van der Waals surface area contributed by atoms with Crippen LogP contribution in [0.2, 0.25) is 0 Å². The average molecular weight is 466 g/mol. The van der Waals surface area contributed by atoms with Crippen molar-refractivity contribution in [3.63, 3.8) is 0 Å². The topological polar surface area (TPSA) is 83.5 Å². The summed E-state index contributed by atoms with van der Waals surface area (Å²) in [5.41, 5.74) is 0. The van der Waals surface area contributed by atoms with E-state index in [1.807, 2.05) is 0 Å². The maximum absolute atomic E-state index is 12.0. The fourth-order valence-electron chi connectivity index (χ4n) is 4.91. The number of unbranched alkanes of at least 4 members (excludes halogenated alkanes) is 15. The fraction of sp³-hybridized carbons (Fsp3) is 0.893. The Bertz CT molecular complexity index is 500. The van der Waals surface area contributed by atoms with Crippen molar-refractivity contribution in [2.24, 2.45) is 11.8 Å². The maximum Gasteiger partial charge on any atom is 0.303 e. The molecular weight excluding hydrogens is 414 g/mol. The van der Waals surface area contributed by atoms with Crippen molar-refractivity contribution in [3.8, 4) is 0 Å². The SMILES string of the molecule is O=CC1CCC(CNC(=O)CCCCCCCCCCCCCCCCCCC(=O)O)CC1. The van der Waals surface area contributed by atoms with Crippen molar-refractivity contribution in [3.05, 3.63) is 0 Å². The zero-order valence-electron chi connectivity index (χ0n) is 21.2. The molecule has 0 spiro atoms. The first kappa shape index (κ1) is 29.6. The van der Waals surface area contributed by atoms with Crippen LogP contribution in [0.5, 0.6) is 0 Å². The minimum Gasteiger partial charge on any atom is -0.481 e. The van der Waals surface area contributed by atoms with Crippen LogP contribution < -0.4 is 5.32 Å². The summed E-state index contributed by atoms with van der Waals surface area (Å²) in [6.45, 7) is 0.791. The first-order chi connectivity index (χ1) is 16.1. The quantitative estimate of drug-likeness (QED) is 0.131. The number of aliphatic carboxylic acids is 1. The highest BCUT2D eigenvalue weighted by molar-refractivity contribution is 5.75. The smallest absolute Gasteiger partial charge is 0.303 e. The van der Waals surface area contributed by atoms with Gasteiger partial charge in [0.15, 0.2) is 0 Å². The van der Waals surface area contributed by atoms with Crippen molar-refractivity contribution in [2.75, 3.05) is 6.54 Å². The Morgan fingerprint density at radius 3 is 1.42 bits per heavy atom. The Morgan fingerprint density at radius 2 is 1.03 bits per heavy atom. The minimum atomic E-state index is -0.670. The Kier molecular flexibility index (Phi) is 19.0. The molecule has 2 N–H and O–H groups in total. The van der Waals surface area contributed by atoms with E-state index in [4.69, 9.17) is 5.11 Å². The van der Waals surface area contributed by atoms with Crippen LogP contribution in [-0.4, -0.2) is 29.8 Å². The molecule has 1 saturated carbocycles. The van der Waals surface area contributed by atoms with Gasteiger partial charge in [-0.25, -0.2) is 0 Å². The number of nitrogens with one attached hydrogen (secondary N) is 1. The minimum absolute atomic E-state index is 0.200. The molecule has 192 valence electrons. The number of carboxylic acids is 1. The van der Waals surface area contributed by atoms with E-state index >= 15 is 0 Å². The first-order valence-corrected chi connectivity index (χ1v) is 14.1. The Balaban J connectivity index is 1.74. The lowest BCUT2D eigenvalue weighted by molar-refractivity contribution is -0.137. The molecule has 0 radical (unpaired) electrons. The highest BCUT2D eigenvalue weighted by Crippen LogP contribution is 2.27. The van der Waals surface area contributed by atoms with Gasteiger partial charge in [-0.2, -0.15) is 0 Å². The van der Waals surface area contributed by atoms with Crippen molar-refractivity contribution >= 4 is 18.2 Å². The number of hydrogen-bond acceptors (Lipinski definition) is 3. The van der Waals surface area contributed by atoms with E-state index in [1.165, 1.54) is 77.0 Å². The number of amides is 1. The van der Waals surface area contributed by atoms with Gasteiger partial charge in [-0.15, -0.1) is 0 Å². The number of rotatable bonds is 22. The Hall–Kier alpha value is -1.39. The average Bonchev–Trinajstić information content (AvgIpc) is 2.82. The summed E-state index contributed by atoms with van der Waals surface area (Å²) in [6, 6.07) is 0. The molecule has 33 heavy (non-hydrogen) atoms. The molecular formula is C28H51NO4. The second-order valence-corrected chi connectivity index (χ2v) is 10.3. The number of hydrogen-bond donors (Lipinski definition) is 2. The van der Waals surface area contributed by atoms with Gasteiger partial charge in [0, 0.05) is 25.3 Å². The summed E-state index contributed by atoms with van der Waals surface area (Å²) in [6.07, 6.45) is 25.9. The molecule has 0 heterocycles.